The number of hydrogen-bond acceptors (Lipinski definition) is 6. The third-order valence-electron chi connectivity index (χ3n) is 8.06. The van der Waals surface area contributed by atoms with Gasteiger partial charge in [-0.3, -0.25) is 14.4 Å². The van der Waals surface area contributed by atoms with E-state index in [2.05, 4.69) is 53.7 Å². The number of esters is 3. The topological polar surface area (TPSA) is 78.9 Å². The highest BCUT2D eigenvalue weighted by Crippen LogP contribution is 2.46. The Hall–Kier alpha value is -2.11. The monoisotopic (exact) mass is 550 g/mol. The first-order valence-electron chi connectivity index (χ1n) is 14.7. The molecule has 39 heavy (non-hydrogen) atoms. The summed E-state index contributed by atoms with van der Waals surface area (Å²) in [5, 5.41) is 0. The zero-order valence-electron chi connectivity index (χ0n) is 27.6. The number of rotatable bonds is 8. The molecule has 0 aliphatic heterocycles. The molecule has 0 bridgehead atoms. The molecule has 2 aliphatic rings. The fourth-order valence-corrected chi connectivity index (χ4v) is 4.75. The molecule has 226 valence electrons. The van der Waals surface area contributed by atoms with Crippen LogP contribution in [0.5, 0.6) is 0 Å². The zero-order chi connectivity index (χ0) is 30.9. The van der Waals surface area contributed by atoms with E-state index < -0.39 is 0 Å². The van der Waals surface area contributed by atoms with E-state index in [0.29, 0.717) is 18.4 Å². The van der Waals surface area contributed by atoms with Crippen molar-refractivity contribution < 1.29 is 28.6 Å². The second-order valence-electron chi connectivity index (χ2n) is 13.0. The zero-order valence-corrected chi connectivity index (χ0v) is 27.6. The average Bonchev–Trinajstić information content (AvgIpc) is 3.18. The second-order valence-corrected chi connectivity index (χ2v) is 13.0. The smallest absolute Gasteiger partial charge is 0.308 e. The van der Waals surface area contributed by atoms with Gasteiger partial charge in [-0.1, -0.05) is 108 Å². The molecular weight excluding hydrogens is 492 g/mol. The lowest BCUT2D eigenvalue weighted by molar-refractivity contribution is -0.159. The van der Waals surface area contributed by atoms with Crippen LogP contribution in [0.3, 0.4) is 0 Å². The van der Waals surface area contributed by atoms with Gasteiger partial charge in [0.15, 0.2) is 0 Å². The molecule has 0 spiro atoms. The van der Waals surface area contributed by atoms with E-state index in [4.69, 9.17) is 14.2 Å². The van der Waals surface area contributed by atoms with E-state index in [1.165, 1.54) is 5.57 Å². The Labute approximate surface area is 239 Å². The molecule has 0 radical (unpaired) electrons. The Bertz CT molecular complexity index is 875. The average molecular weight is 551 g/mol. The number of carbonyl (C=O) groups is 3. The number of hydrogen-bond donors (Lipinski definition) is 0. The van der Waals surface area contributed by atoms with Crippen LogP contribution in [0.15, 0.2) is 23.3 Å². The van der Waals surface area contributed by atoms with Crippen molar-refractivity contribution >= 4 is 17.9 Å². The van der Waals surface area contributed by atoms with E-state index in [-0.39, 0.29) is 65.1 Å². The highest BCUT2D eigenvalue weighted by Gasteiger charge is 2.44. The maximum absolute atomic E-state index is 11.9. The lowest BCUT2D eigenvalue weighted by atomic mass is 9.74. The third kappa shape index (κ3) is 10.4. The van der Waals surface area contributed by atoms with Gasteiger partial charge in [0.2, 0.25) is 0 Å². The molecule has 0 fully saturated rings. The van der Waals surface area contributed by atoms with Crippen molar-refractivity contribution in [2.24, 2.45) is 46.3 Å². The second kappa shape index (κ2) is 15.6. The van der Waals surface area contributed by atoms with E-state index >= 15 is 0 Å². The van der Waals surface area contributed by atoms with Crippen LogP contribution in [0.2, 0.25) is 0 Å². The van der Waals surface area contributed by atoms with Gasteiger partial charge >= 0.3 is 17.9 Å². The third-order valence-corrected chi connectivity index (χ3v) is 8.06. The van der Waals surface area contributed by atoms with Crippen LogP contribution in [0.4, 0.5) is 0 Å². The van der Waals surface area contributed by atoms with E-state index in [1.807, 2.05) is 62.3 Å². The van der Waals surface area contributed by atoms with Gasteiger partial charge in [-0.25, -0.2) is 0 Å². The summed E-state index contributed by atoms with van der Waals surface area (Å²) in [6, 6.07) is 0. The summed E-state index contributed by atoms with van der Waals surface area (Å²) >= 11 is 0. The van der Waals surface area contributed by atoms with Gasteiger partial charge < -0.3 is 14.2 Å². The first-order chi connectivity index (χ1) is 17.8. The van der Waals surface area contributed by atoms with Crippen LogP contribution in [0.1, 0.15) is 104 Å². The normalized spacial score (nSPS) is 24.7. The fraction of sp³-hybridized carbons (Fsp3) is 0.788. The van der Waals surface area contributed by atoms with Gasteiger partial charge in [-0.2, -0.15) is 0 Å². The van der Waals surface area contributed by atoms with Crippen LogP contribution in [0, 0.1) is 46.3 Å². The summed E-state index contributed by atoms with van der Waals surface area (Å²) in [4.78, 5) is 35.0. The van der Waals surface area contributed by atoms with Gasteiger partial charge in [-0.05, 0) is 36.2 Å². The van der Waals surface area contributed by atoms with Crippen molar-refractivity contribution in [1.82, 2.24) is 0 Å². The van der Waals surface area contributed by atoms with Crippen LogP contribution in [-0.2, 0) is 28.6 Å². The first-order valence-corrected chi connectivity index (χ1v) is 14.7. The van der Waals surface area contributed by atoms with Crippen LogP contribution >= 0.6 is 0 Å². The maximum atomic E-state index is 11.9. The lowest BCUT2D eigenvalue weighted by Crippen LogP contribution is -2.36. The SMILES string of the molecule is CC.CC1=CC(C)(C)[C@H](COC(=O)C(C)C)[C@@H]1OC(=O)C(C)C.CC1=C[C@@H](COC(=O)C(C)C)C(C)(C)[C@@H]1C. The molecule has 2 aliphatic carbocycles. The predicted octanol–water partition coefficient (Wildman–Crippen LogP) is 7.81. The largest absolute Gasteiger partial charge is 0.465 e. The molecule has 0 aromatic rings. The highest BCUT2D eigenvalue weighted by atomic mass is 16.6. The summed E-state index contributed by atoms with van der Waals surface area (Å²) < 4.78 is 16.3. The molecule has 0 N–H and O–H groups in total. The predicted molar refractivity (Wildman–Crippen MR) is 159 cm³/mol. The number of ether oxygens (including phenoxy) is 3. The van der Waals surface area contributed by atoms with Crippen molar-refractivity contribution in [2.45, 2.75) is 110 Å². The minimum Gasteiger partial charge on any atom is -0.465 e. The summed E-state index contributed by atoms with van der Waals surface area (Å²) in [7, 11) is 0. The fourth-order valence-electron chi connectivity index (χ4n) is 4.75. The summed E-state index contributed by atoms with van der Waals surface area (Å²) in [6.07, 6.45) is 4.06. The van der Waals surface area contributed by atoms with Gasteiger partial charge in [0.1, 0.15) is 6.10 Å². The molecule has 0 aromatic heterocycles. The van der Waals surface area contributed by atoms with E-state index in [0.717, 1.165) is 5.57 Å². The van der Waals surface area contributed by atoms with Gasteiger partial charge in [0.25, 0.3) is 0 Å². The van der Waals surface area contributed by atoms with Crippen LogP contribution < -0.4 is 0 Å². The Morgan fingerprint density at radius 1 is 0.769 bits per heavy atom. The molecule has 0 amide bonds. The molecule has 0 saturated heterocycles. The number of carbonyl (C=O) groups excluding carboxylic acids is 3. The van der Waals surface area contributed by atoms with Gasteiger partial charge in [0, 0.05) is 11.8 Å². The Morgan fingerprint density at radius 3 is 1.59 bits per heavy atom. The molecule has 0 saturated carbocycles. The first kappa shape index (κ1) is 36.9. The van der Waals surface area contributed by atoms with Crippen molar-refractivity contribution in [3.05, 3.63) is 23.3 Å². The molecule has 6 heteroatoms. The van der Waals surface area contributed by atoms with Crippen molar-refractivity contribution in [2.75, 3.05) is 13.2 Å². The molecular formula is C33H58O6. The quantitative estimate of drug-likeness (QED) is 0.174. The molecule has 0 unspecified atom stereocenters. The standard InChI is InChI=1S/C17H28O4.C14H24O2.C2H6/c1-10(2)15(18)20-9-13-14(21-16(19)11(3)4)12(5)8-17(13,6)7;1-9(2)13(15)16-8-12-7-10(3)11(4)14(12,5)6;1-2/h8,10-11,13-14H,9H2,1-7H3;7,9,11-12H,8H2,1-6H3;1-2H3/t13-,14-;11-,12+;/m11./s1. The van der Waals surface area contributed by atoms with Gasteiger partial charge in [0.05, 0.1) is 31.0 Å². The maximum Gasteiger partial charge on any atom is 0.308 e. The van der Waals surface area contributed by atoms with Crippen LogP contribution in [0.25, 0.3) is 0 Å². The van der Waals surface area contributed by atoms with Crippen molar-refractivity contribution in [3.63, 3.8) is 0 Å². The summed E-state index contributed by atoms with van der Waals surface area (Å²) in [6.45, 7) is 30.8. The molecule has 0 heterocycles. The molecule has 0 aromatic carbocycles. The number of allylic oxidation sites excluding steroid dienone is 2. The highest BCUT2D eigenvalue weighted by molar-refractivity contribution is 5.72. The van der Waals surface area contributed by atoms with Gasteiger partial charge in [-0.15, -0.1) is 0 Å². The van der Waals surface area contributed by atoms with Crippen molar-refractivity contribution in [3.8, 4) is 0 Å². The molecule has 2 rings (SSSR count). The Balaban J connectivity index is 0.000000718. The van der Waals surface area contributed by atoms with Crippen LogP contribution in [-0.4, -0.2) is 37.2 Å². The van der Waals surface area contributed by atoms with Crippen molar-refractivity contribution in [1.29, 1.82) is 0 Å². The Morgan fingerprint density at radius 2 is 1.21 bits per heavy atom. The molecule has 4 atom stereocenters. The minimum atomic E-state index is -0.310. The van der Waals surface area contributed by atoms with E-state index in [9.17, 15) is 14.4 Å². The Kier molecular flexibility index (Phi) is 14.8. The summed E-state index contributed by atoms with van der Waals surface area (Å²) in [5.74, 6) is -0.00712. The minimum absolute atomic E-state index is 0.0352. The summed E-state index contributed by atoms with van der Waals surface area (Å²) in [5.41, 5.74) is 2.47. The molecule has 6 nitrogen and oxygen atoms in total. The lowest BCUT2D eigenvalue weighted by Gasteiger charge is -2.32. The van der Waals surface area contributed by atoms with E-state index in [1.54, 1.807) is 0 Å².